The maximum absolute atomic E-state index is 6.25. The number of thiophene rings is 1. The van der Waals surface area contributed by atoms with Crippen molar-refractivity contribution in [2.45, 2.75) is 26.3 Å². The summed E-state index contributed by atoms with van der Waals surface area (Å²) in [5.41, 5.74) is 10.1. The first kappa shape index (κ1) is 12.8. The van der Waals surface area contributed by atoms with Crippen LogP contribution in [0.5, 0.6) is 0 Å². The largest absolute Gasteiger partial charge is 0.323 e. The van der Waals surface area contributed by atoms with Gasteiger partial charge in [0.15, 0.2) is 0 Å². The highest BCUT2D eigenvalue weighted by Gasteiger charge is 2.11. The van der Waals surface area contributed by atoms with Crippen molar-refractivity contribution in [2.24, 2.45) is 5.73 Å². The predicted octanol–water partition coefficient (Wildman–Crippen LogP) is 4.37. The van der Waals surface area contributed by atoms with Crippen molar-refractivity contribution in [3.05, 3.63) is 55.7 Å². The van der Waals surface area contributed by atoms with Crippen molar-refractivity contribution >= 4 is 27.3 Å². The molecule has 1 nitrogen and oxygen atoms in total. The van der Waals surface area contributed by atoms with E-state index in [2.05, 4.69) is 60.1 Å². The van der Waals surface area contributed by atoms with Gasteiger partial charge < -0.3 is 5.73 Å². The molecule has 1 aromatic carbocycles. The van der Waals surface area contributed by atoms with Gasteiger partial charge in [-0.3, -0.25) is 0 Å². The summed E-state index contributed by atoms with van der Waals surface area (Å²) in [5.74, 6) is 0. The molecule has 0 bridgehead atoms. The lowest BCUT2D eigenvalue weighted by atomic mass is 10.0. The third-order valence-corrected chi connectivity index (χ3v) is 5.05. The van der Waals surface area contributed by atoms with E-state index in [0.29, 0.717) is 0 Å². The van der Waals surface area contributed by atoms with Crippen LogP contribution in [0.25, 0.3) is 0 Å². The van der Waals surface area contributed by atoms with Gasteiger partial charge in [-0.1, -0.05) is 29.8 Å². The minimum absolute atomic E-state index is 0.0896. The summed E-state index contributed by atoms with van der Waals surface area (Å²) in [6.07, 6.45) is 0.897. The Morgan fingerprint density at radius 1 is 1.29 bits per heavy atom. The number of benzene rings is 1. The molecule has 17 heavy (non-hydrogen) atoms. The zero-order valence-electron chi connectivity index (χ0n) is 10.0. The van der Waals surface area contributed by atoms with Crippen molar-refractivity contribution in [2.75, 3.05) is 0 Å². The fraction of sp³-hybridized carbons (Fsp3) is 0.286. The first-order chi connectivity index (χ1) is 8.06. The number of hydrogen-bond donors (Lipinski definition) is 1. The zero-order valence-corrected chi connectivity index (χ0v) is 12.4. The fourth-order valence-corrected chi connectivity index (χ4v) is 3.43. The van der Waals surface area contributed by atoms with E-state index in [1.807, 2.05) is 0 Å². The molecular formula is C14H16BrNS. The van der Waals surface area contributed by atoms with Crippen molar-refractivity contribution in [3.8, 4) is 0 Å². The van der Waals surface area contributed by atoms with Crippen molar-refractivity contribution in [1.82, 2.24) is 0 Å². The second kappa shape index (κ2) is 5.34. The summed E-state index contributed by atoms with van der Waals surface area (Å²) in [5, 5.41) is 0. The van der Waals surface area contributed by atoms with Gasteiger partial charge in [0.05, 0.1) is 3.79 Å². The van der Waals surface area contributed by atoms with E-state index in [1.54, 1.807) is 11.3 Å². The quantitative estimate of drug-likeness (QED) is 0.895. The molecule has 0 aliphatic carbocycles. The summed E-state index contributed by atoms with van der Waals surface area (Å²) in [4.78, 5) is 1.25. The lowest BCUT2D eigenvalue weighted by molar-refractivity contribution is 0.736. The Kier molecular flexibility index (Phi) is 4.02. The molecule has 1 atom stereocenters. The van der Waals surface area contributed by atoms with Crippen LogP contribution in [0.1, 0.15) is 27.6 Å². The van der Waals surface area contributed by atoms with Gasteiger partial charge >= 0.3 is 0 Å². The normalized spacial score (nSPS) is 12.7. The molecule has 2 rings (SSSR count). The summed E-state index contributed by atoms with van der Waals surface area (Å²) in [7, 11) is 0. The number of halogens is 1. The average Bonchev–Trinajstić information content (AvgIpc) is 2.59. The molecule has 0 amide bonds. The van der Waals surface area contributed by atoms with E-state index in [-0.39, 0.29) is 6.04 Å². The second-order valence-electron chi connectivity index (χ2n) is 4.41. The molecule has 0 radical (unpaired) electrons. The Balaban J connectivity index is 2.14. The minimum atomic E-state index is 0.0896. The van der Waals surface area contributed by atoms with Crippen LogP contribution >= 0.6 is 27.3 Å². The van der Waals surface area contributed by atoms with Gasteiger partial charge in [0.25, 0.3) is 0 Å². The van der Waals surface area contributed by atoms with Crippen molar-refractivity contribution < 1.29 is 0 Å². The van der Waals surface area contributed by atoms with Crippen LogP contribution < -0.4 is 5.73 Å². The number of nitrogens with two attached hydrogens (primary N) is 1. The van der Waals surface area contributed by atoms with Crippen LogP contribution in [0.2, 0.25) is 0 Å². The average molecular weight is 310 g/mol. The van der Waals surface area contributed by atoms with Gasteiger partial charge in [-0.2, -0.15) is 0 Å². The number of hydrogen-bond acceptors (Lipinski definition) is 2. The molecule has 1 aromatic heterocycles. The Labute approximate surface area is 115 Å². The lowest BCUT2D eigenvalue weighted by Crippen LogP contribution is -2.11. The summed E-state index contributed by atoms with van der Waals surface area (Å²) in [6, 6.07) is 10.8. The third kappa shape index (κ3) is 3.18. The van der Waals surface area contributed by atoms with E-state index in [0.717, 1.165) is 6.42 Å². The van der Waals surface area contributed by atoms with Gasteiger partial charge in [0.2, 0.25) is 0 Å². The molecule has 0 spiro atoms. The van der Waals surface area contributed by atoms with Crippen molar-refractivity contribution in [3.63, 3.8) is 0 Å². The molecule has 0 aliphatic rings. The Bertz CT molecular complexity index is 499. The maximum atomic E-state index is 6.25. The van der Waals surface area contributed by atoms with Gasteiger partial charge in [-0.25, -0.2) is 0 Å². The molecule has 2 aromatic rings. The summed E-state index contributed by atoms with van der Waals surface area (Å²) in [6.45, 7) is 4.21. The lowest BCUT2D eigenvalue weighted by Gasteiger charge is -2.10. The fourth-order valence-electron chi connectivity index (χ4n) is 1.86. The molecular weight excluding hydrogens is 294 g/mol. The van der Waals surface area contributed by atoms with E-state index in [9.17, 15) is 0 Å². The molecule has 0 saturated heterocycles. The van der Waals surface area contributed by atoms with E-state index in [4.69, 9.17) is 5.73 Å². The summed E-state index contributed by atoms with van der Waals surface area (Å²) < 4.78 is 1.19. The van der Waals surface area contributed by atoms with Crippen LogP contribution in [-0.4, -0.2) is 0 Å². The standard InChI is InChI=1S/C14H16BrNS/c1-9-4-3-5-11(6-9)8-12(16)13-7-10(2)14(15)17-13/h3-7,12H,8,16H2,1-2H3. The molecule has 2 N–H and O–H groups in total. The Hall–Kier alpha value is -0.640. The maximum Gasteiger partial charge on any atom is 0.0731 e. The van der Waals surface area contributed by atoms with Crippen LogP contribution in [-0.2, 0) is 6.42 Å². The molecule has 0 saturated carbocycles. The van der Waals surface area contributed by atoms with Gasteiger partial charge in [-0.15, -0.1) is 11.3 Å². The molecule has 0 aliphatic heterocycles. The second-order valence-corrected chi connectivity index (χ2v) is 6.81. The first-order valence-electron chi connectivity index (χ1n) is 5.63. The van der Waals surface area contributed by atoms with Crippen molar-refractivity contribution in [1.29, 1.82) is 0 Å². The monoisotopic (exact) mass is 309 g/mol. The molecule has 1 unspecified atom stereocenters. The van der Waals surface area contributed by atoms with E-state index < -0.39 is 0 Å². The topological polar surface area (TPSA) is 26.0 Å². The van der Waals surface area contributed by atoms with Gasteiger partial charge in [0, 0.05) is 10.9 Å². The summed E-state index contributed by atoms with van der Waals surface area (Å²) >= 11 is 5.28. The van der Waals surface area contributed by atoms with Crippen LogP contribution in [0.3, 0.4) is 0 Å². The minimum Gasteiger partial charge on any atom is -0.323 e. The molecule has 0 fully saturated rings. The number of aryl methyl sites for hydroxylation is 2. The van der Waals surface area contributed by atoms with Gasteiger partial charge in [-0.05, 0) is 53.4 Å². The first-order valence-corrected chi connectivity index (χ1v) is 7.24. The van der Waals surface area contributed by atoms with Crippen LogP contribution in [0, 0.1) is 13.8 Å². The highest BCUT2D eigenvalue weighted by molar-refractivity contribution is 9.11. The molecule has 3 heteroatoms. The Morgan fingerprint density at radius 3 is 2.65 bits per heavy atom. The molecule has 90 valence electrons. The predicted molar refractivity (Wildman–Crippen MR) is 78.6 cm³/mol. The van der Waals surface area contributed by atoms with Crippen LogP contribution in [0.15, 0.2) is 34.1 Å². The highest BCUT2D eigenvalue weighted by atomic mass is 79.9. The third-order valence-electron chi connectivity index (χ3n) is 2.78. The molecule has 1 heterocycles. The zero-order chi connectivity index (χ0) is 12.4. The smallest absolute Gasteiger partial charge is 0.0731 e. The number of rotatable bonds is 3. The SMILES string of the molecule is Cc1cccc(CC(N)c2cc(C)c(Br)s2)c1. The Morgan fingerprint density at radius 2 is 2.06 bits per heavy atom. The highest BCUT2D eigenvalue weighted by Crippen LogP contribution is 2.31. The van der Waals surface area contributed by atoms with Gasteiger partial charge in [0.1, 0.15) is 0 Å². The van der Waals surface area contributed by atoms with E-state index in [1.165, 1.54) is 25.4 Å². The van der Waals surface area contributed by atoms with E-state index >= 15 is 0 Å². The van der Waals surface area contributed by atoms with Crippen LogP contribution in [0.4, 0.5) is 0 Å².